The summed E-state index contributed by atoms with van der Waals surface area (Å²) in [6.07, 6.45) is 0. The number of thioether (sulfide) groups is 1. The highest BCUT2D eigenvalue weighted by Crippen LogP contribution is 2.27. The lowest BCUT2D eigenvalue weighted by molar-refractivity contribution is 0.0522. The lowest BCUT2D eigenvalue weighted by Crippen LogP contribution is -2.07. The Bertz CT molecular complexity index is 372. The van der Waals surface area contributed by atoms with Crippen LogP contribution >= 0.6 is 11.8 Å². The Kier molecular flexibility index (Phi) is 4.87. The summed E-state index contributed by atoms with van der Waals surface area (Å²) in [5, 5.41) is 0.455. The molecular formula is C13H18O2S. The third-order valence-corrected chi connectivity index (χ3v) is 3.07. The zero-order chi connectivity index (χ0) is 12.1. The van der Waals surface area contributed by atoms with Crippen LogP contribution < -0.4 is 0 Å². The van der Waals surface area contributed by atoms with Crippen LogP contribution in [0.3, 0.4) is 0 Å². The van der Waals surface area contributed by atoms with E-state index < -0.39 is 0 Å². The van der Waals surface area contributed by atoms with Crippen molar-refractivity contribution in [2.45, 2.75) is 37.8 Å². The first-order valence-corrected chi connectivity index (χ1v) is 6.37. The van der Waals surface area contributed by atoms with Crippen LogP contribution in [0.1, 0.15) is 36.7 Å². The van der Waals surface area contributed by atoms with Crippen molar-refractivity contribution in [3.8, 4) is 0 Å². The number of aryl methyl sites for hydroxylation is 1. The molecule has 2 nitrogen and oxygen atoms in total. The van der Waals surface area contributed by atoms with E-state index in [1.54, 1.807) is 11.8 Å². The molecule has 1 rings (SSSR count). The maximum absolute atomic E-state index is 11.8. The lowest BCUT2D eigenvalue weighted by Gasteiger charge is -2.11. The van der Waals surface area contributed by atoms with E-state index in [2.05, 4.69) is 13.8 Å². The molecule has 0 aromatic heterocycles. The third-order valence-electron chi connectivity index (χ3n) is 1.99. The van der Waals surface area contributed by atoms with E-state index in [0.717, 1.165) is 10.5 Å². The monoisotopic (exact) mass is 238 g/mol. The topological polar surface area (TPSA) is 26.3 Å². The summed E-state index contributed by atoms with van der Waals surface area (Å²) in [5.74, 6) is -0.227. The molecule has 0 amide bonds. The molecule has 0 radical (unpaired) electrons. The molecule has 0 N–H and O–H groups in total. The second-order valence-corrected chi connectivity index (χ2v) is 5.51. The van der Waals surface area contributed by atoms with Gasteiger partial charge in [-0.2, -0.15) is 0 Å². The number of carbonyl (C=O) groups is 1. The molecule has 0 fully saturated rings. The first-order valence-electron chi connectivity index (χ1n) is 5.49. The molecule has 3 heteroatoms. The Labute approximate surface area is 101 Å². The third kappa shape index (κ3) is 3.56. The Morgan fingerprint density at radius 2 is 2.12 bits per heavy atom. The Morgan fingerprint density at radius 3 is 2.69 bits per heavy atom. The average molecular weight is 238 g/mol. The predicted molar refractivity (Wildman–Crippen MR) is 68.1 cm³/mol. The van der Waals surface area contributed by atoms with E-state index in [-0.39, 0.29) is 5.97 Å². The number of hydrogen-bond donors (Lipinski definition) is 0. The summed E-state index contributed by atoms with van der Waals surface area (Å²) in [4.78, 5) is 12.8. The predicted octanol–water partition coefficient (Wildman–Crippen LogP) is 3.67. The van der Waals surface area contributed by atoms with Gasteiger partial charge in [0, 0.05) is 10.1 Å². The molecule has 0 unspecified atom stereocenters. The minimum absolute atomic E-state index is 0.227. The van der Waals surface area contributed by atoms with Crippen molar-refractivity contribution in [3.05, 3.63) is 29.3 Å². The summed E-state index contributed by atoms with van der Waals surface area (Å²) in [6, 6.07) is 5.91. The van der Waals surface area contributed by atoms with Crippen LogP contribution in [0.4, 0.5) is 0 Å². The quantitative estimate of drug-likeness (QED) is 0.591. The van der Waals surface area contributed by atoms with Crippen molar-refractivity contribution in [2.24, 2.45) is 0 Å². The van der Waals surface area contributed by atoms with E-state index in [1.807, 2.05) is 32.0 Å². The molecule has 0 aliphatic rings. The van der Waals surface area contributed by atoms with E-state index >= 15 is 0 Å². The molecule has 0 saturated heterocycles. The minimum atomic E-state index is -0.227. The van der Waals surface area contributed by atoms with E-state index in [4.69, 9.17) is 4.74 Å². The zero-order valence-corrected chi connectivity index (χ0v) is 11.1. The SMILES string of the molecule is CCOC(=O)c1cc(C)ccc1SC(C)C. The lowest BCUT2D eigenvalue weighted by atomic mass is 10.1. The van der Waals surface area contributed by atoms with Crippen LogP contribution in [-0.4, -0.2) is 17.8 Å². The van der Waals surface area contributed by atoms with Crippen LogP contribution in [0.2, 0.25) is 0 Å². The fourth-order valence-electron chi connectivity index (χ4n) is 1.37. The van der Waals surface area contributed by atoms with Gasteiger partial charge in [0.15, 0.2) is 0 Å². The second kappa shape index (κ2) is 5.94. The van der Waals surface area contributed by atoms with Gasteiger partial charge in [0.1, 0.15) is 0 Å². The van der Waals surface area contributed by atoms with E-state index in [0.29, 0.717) is 17.4 Å². The average Bonchev–Trinajstić information content (AvgIpc) is 2.20. The molecule has 88 valence electrons. The molecule has 0 saturated carbocycles. The molecule has 0 bridgehead atoms. The van der Waals surface area contributed by atoms with Crippen LogP contribution in [-0.2, 0) is 4.74 Å². The Balaban J connectivity index is 3.02. The van der Waals surface area contributed by atoms with Gasteiger partial charge in [0.2, 0.25) is 0 Å². The maximum atomic E-state index is 11.8. The van der Waals surface area contributed by atoms with Crippen molar-refractivity contribution >= 4 is 17.7 Å². The van der Waals surface area contributed by atoms with Crippen molar-refractivity contribution in [3.63, 3.8) is 0 Å². The molecule has 1 aromatic rings. The first-order chi connectivity index (χ1) is 7.54. The molecule has 0 spiro atoms. The summed E-state index contributed by atoms with van der Waals surface area (Å²) in [6.45, 7) is 8.44. The number of carbonyl (C=O) groups excluding carboxylic acids is 1. The highest BCUT2D eigenvalue weighted by Gasteiger charge is 2.13. The van der Waals surface area contributed by atoms with Crippen molar-refractivity contribution in [1.29, 1.82) is 0 Å². The number of rotatable bonds is 4. The smallest absolute Gasteiger partial charge is 0.339 e. The standard InChI is InChI=1S/C13H18O2S/c1-5-15-13(14)11-8-10(4)6-7-12(11)16-9(2)3/h6-9H,5H2,1-4H3. The second-order valence-electron chi connectivity index (χ2n) is 3.89. The van der Waals surface area contributed by atoms with Gasteiger partial charge < -0.3 is 4.74 Å². The van der Waals surface area contributed by atoms with Crippen LogP contribution in [0.5, 0.6) is 0 Å². The zero-order valence-electron chi connectivity index (χ0n) is 10.2. The summed E-state index contributed by atoms with van der Waals surface area (Å²) in [5.41, 5.74) is 1.76. The van der Waals surface area contributed by atoms with Crippen molar-refractivity contribution in [2.75, 3.05) is 6.61 Å². The first kappa shape index (κ1) is 13.1. The number of benzene rings is 1. The maximum Gasteiger partial charge on any atom is 0.339 e. The summed E-state index contributed by atoms with van der Waals surface area (Å²) >= 11 is 1.69. The van der Waals surface area contributed by atoms with Crippen LogP contribution in [0, 0.1) is 6.92 Å². The molecule has 1 aromatic carbocycles. The highest BCUT2D eigenvalue weighted by molar-refractivity contribution is 8.00. The van der Waals surface area contributed by atoms with Gasteiger partial charge in [0.25, 0.3) is 0 Å². The normalized spacial score (nSPS) is 10.6. The van der Waals surface area contributed by atoms with Gasteiger partial charge in [-0.05, 0) is 26.0 Å². The fourth-order valence-corrected chi connectivity index (χ4v) is 2.29. The Morgan fingerprint density at radius 1 is 1.44 bits per heavy atom. The van der Waals surface area contributed by atoms with Crippen molar-refractivity contribution < 1.29 is 9.53 Å². The summed E-state index contributed by atoms with van der Waals surface area (Å²) < 4.78 is 5.05. The number of ether oxygens (including phenoxy) is 1. The molecule has 0 aliphatic carbocycles. The van der Waals surface area contributed by atoms with Gasteiger partial charge in [-0.3, -0.25) is 0 Å². The highest BCUT2D eigenvalue weighted by atomic mass is 32.2. The molecular weight excluding hydrogens is 220 g/mol. The molecule has 0 aliphatic heterocycles. The molecule has 0 heterocycles. The van der Waals surface area contributed by atoms with E-state index in [1.165, 1.54) is 0 Å². The largest absolute Gasteiger partial charge is 0.462 e. The van der Waals surface area contributed by atoms with Crippen molar-refractivity contribution in [1.82, 2.24) is 0 Å². The van der Waals surface area contributed by atoms with Crippen LogP contribution in [0.15, 0.2) is 23.1 Å². The summed E-state index contributed by atoms with van der Waals surface area (Å²) in [7, 11) is 0. The van der Waals surface area contributed by atoms with Crippen LogP contribution in [0.25, 0.3) is 0 Å². The number of esters is 1. The van der Waals surface area contributed by atoms with E-state index in [9.17, 15) is 4.79 Å². The fraction of sp³-hybridized carbons (Fsp3) is 0.462. The van der Waals surface area contributed by atoms with Gasteiger partial charge in [-0.25, -0.2) is 4.79 Å². The van der Waals surface area contributed by atoms with Gasteiger partial charge in [-0.15, -0.1) is 11.8 Å². The Hall–Kier alpha value is -0.960. The van der Waals surface area contributed by atoms with Gasteiger partial charge >= 0.3 is 5.97 Å². The number of hydrogen-bond acceptors (Lipinski definition) is 3. The molecule has 16 heavy (non-hydrogen) atoms. The van der Waals surface area contributed by atoms with Gasteiger partial charge in [0.05, 0.1) is 12.2 Å². The minimum Gasteiger partial charge on any atom is -0.462 e. The molecule has 0 atom stereocenters. The van der Waals surface area contributed by atoms with Gasteiger partial charge in [-0.1, -0.05) is 25.5 Å².